The van der Waals surface area contributed by atoms with Gasteiger partial charge in [0.1, 0.15) is 11.6 Å². The fourth-order valence-corrected chi connectivity index (χ4v) is 2.18. The zero-order chi connectivity index (χ0) is 12.8. The van der Waals surface area contributed by atoms with Crippen LogP contribution in [0.1, 0.15) is 36.5 Å². The summed E-state index contributed by atoms with van der Waals surface area (Å²) >= 11 is 0. The molecule has 0 bridgehead atoms. The Bertz CT molecular complexity index is 377. The third kappa shape index (κ3) is 3.19. The van der Waals surface area contributed by atoms with Crippen molar-refractivity contribution in [2.45, 2.75) is 39.5 Å². The Morgan fingerprint density at radius 1 is 1.35 bits per heavy atom. The molecule has 0 spiro atoms. The van der Waals surface area contributed by atoms with Crippen LogP contribution >= 0.6 is 0 Å². The fraction of sp³-hybridized carbons (Fsp3) is 0.571. The van der Waals surface area contributed by atoms with Crippen molar-refractivity contribution < 1.29 is 9.13 Å². The molecule has 17 heavy (non-hydrogen) atoms. The third-order valence-corrected chi connectivity index (χ3v) is 3.12. The third-order valence-electron chi connectivity index (χ3n) is 3.12. The van der Waals surface area contributed by atoms with Crippen molar-refractivity contribution in [3.8, 4) is 5.75 Å². The zero-order valence-corrected chi connectivity index (χ0v) is 11.0. The number of rotatable bonds is 6. The van der Waals surface area contributed by atoms with Crippen molar-refractivity contribution in [2.24, 2.45) is 5.73 Å². The number of methoxy groups -OCH3 is 1. The predicted molar refractivity (Wildman–Crippen MR) is 69.1 cm³/mol. The molecule has 0 saturated carbocycles. The summed E-state index contributed by atoms with van der Waals surface area (Å²) in [6.07, 6.45) is 3.70. The summed E-state index contributed by atoms with van der Waals surface area (Å²) in [6, 6.07) is 1.65. The van der Waals surface area contributed by atoms with Crippen molar-refractivity contribution in [2.75, 3.05) is 13.7 Å². The first kappa shape index (κ1) is 14.0. The first-order valence-electron chi connectivity index (χ1n) is 6.20. The lowest BCUT2D eigenvalue weighted by Gasteiger charge is -2.16. The lowest BCUT2D eigenvalue weighted by atomic mass is 9.96. The zero-order valence-electron chi connectivity index (χ0n) is 11.0. The van der Waals surface area contributed by atoms with Gasteiger partial charge in [0.2, 0.25) is 0 Å². The number of hydrogen-bond donors (Lipinski definition) is 1. The van der Waals surface area contributed by atoms with E-state index in [-0.39, 0.29) is 5.82 Å². The predicted octanol–water partition coefficient (Wildman–Crippen LogP) is 2.99. The molecular formula is C14H22FNO. The van der Waals surface area contributed by atoms with Gasteiger partial charge >= 0.3 is 0 Å². The second-order valence-electron chi connectivity index (χ2n) is 4.25. The van der Waals surface area contributed by atoms with Crippen molar-refractivity contribution in [3.05, 3.63) is 28.6 Å². The standard InChI is InChI=1S/C14H22FNO/c1-4-12-11(7-5-6-8-16)9-13(15)10(2)14(12)17-3/h9H,4-8,16H2,1-3H3. The molecule has 0 saturated heterocycles. The van der Waals surface area contributed by atoms with Crippen LogP contribution in [-0.4, -0.2) is 13.7 Å². The second kappa shape index (κ2) is 6.60. The first-order chi connectivity index (χ1) is 8.15. The van der Waals surface area contributed by atoms with Gasteiger partial charge in [0, 0.05) is 5.56 Å². The Labute approximate surface area is 103 Å². The summed E-state index contributed by atoms with van der Waals surface area (Å²) < 4.78 is 19.1. The van der Waals surface area contributed by atoms with Gasteiger partial charge in [0.15, 0.2) is 0 Å². The molecule has 0 atom stereocenters. The van der Waals surface area contributed by atoms with E-state index in [4.69, 9.17) is 10.5 Å². The topological polar surface area (TPSA) is 35.2 Å². The SMILES string of the molecule is CCc1c(CCCCN)cc(F)c(C)c1OC. The Morgan fingerprint density at radius 2 is 2.06 bits per heavy atom. The van der Waals surface area contributed by atoms with Gasteiger partial charge < -0.3 is 10.5 Å². The highest BCUT2D eigenvalue weighted by Gasteiger charge is 2.14. The van der Waals surface area contributed by atoms with Gasteiger partial charge in [-0.1, -0.05) is 6.92 Å². The average Bonchev–Trinajstić information content (AvgIpc) is 2.33. The van der Waals surface area contributed by atoms with Gasteiger partial charge in [-0.3, -0.25) is 0 Å². The molecule has 0 aliphatic heterocycles. The molecule has 0 heterocycles. The van der Waals surface area contributed by atoms with Gasteiger partial charge in [-0.05, 0) is 56.3 Å². The van der Waals surface area contributed by atoms with Gasteiger partial charge in [-0.25, -0.2) is 4.39 Å². The first-order valence-corrected chi connectivity index (χ1v) is 6.20. The molecule has 1 aromatic carbocycles. The molecule has 0 radical (unpaired) electrons. The molecule has 0 amide bonds. The monoisotopic (exact) mass is 239 g/mol. The highest BCUT2D eigenvalue weighted by molar-refractivity contribution is 5.47. The normalized spacial score (nSPS) is 10.6. The summed E-state index contributed by atoms with van der Waals surface area (Å²) in [5.74, 6) is 0.525. The summed E-state index contributed by atoms with van der Waals surface area (Å²) in [5, 5.41) is 0. The van der Waals surface area contributed by atoms with Gasteiger partial charge in [0.25, 0.3) is 0 Å². The molecule has 3 heteroatoms. The van der Waals surface area contributed by atoms with E-state index < -0.39 is 0 Å². The van der Waals surface area contributed by atoms with Crippen molar-refractivity contribution in [1.82, 2.24) is 0 Å². The van der Waals surface area contributed by atoms with E-state index in [2.05, 4.69) is 6.92 Å². The fourth-order valence-electron chi connectivity index (χ4n) is 2.18. The average molecular weight is 239 g/mol. The molecule has 0 fully saturated rings. The number of unbranched alkanes of at least 4 members (excludes halogenated alkanes) is 1. The molecule has 0 aromatic heterocycles. The maximum atomic E-state index is 13.7. The summed E-state index contributed by atoms with van der Waals surface area (Å²) in [7, 11) is 1.60. The summed E-state index contributed by atoms with van der Waals surface area (Å²) in [5.41, 5.74) is 8.26. The molecule has 2 N–H and O–H groups in total. The van der Waals surface area contributed by atoms with Crippen LogP contribution < -0.4 is 10.5 Å². The number of aryl methyl sites for hydroxylation is 1. The van der Waals surface area contributed by atoms with Gasteiger partial charge in [-0.15, -0.1) is 0 Å². The van der Waals surface area contributed by atoms with Gasteiger partial charge in [0.05, 0.1) is 7.11 Å². The van der Waals surface area contributed by atoms with Crippen molar-refractivity contribution >= 4 is 0 Å². The van der Waals surface area contributed by atoms with Crippen LogP contribution in [0.5, 0.6) is 5.75 Å². The Morgan fingerprint density at radius 3 is 2.59 bits per heavy atom. The van der Waals surface area contributed by atoms with Crippen LogP contribution in [0, 0.1) is 12.7 Å². The Hall–Kier alpha value is -1.09. The van der Waals surface area contributed by atoms with Crippen LogP contribution in [0.2, 0.25) is 0 Å². The minimum Gasteiger partial charge on any atom is -0.496 e. The van der Waals surface area contributed by atoms with Crippen LogP contribution in [0.4, 0.5) is 4.39 Å². The molecule has 1 aromatic rings. The number of halogens is 1. The highest BCUT2D eigenvalue weighted by atomic mass is 19.1. The number of hydrogen-bond acceptors (Lipinski definition) is 2. The van der Waals surface area contributed by atoms with E-state index in [9.17, 15) is 4.39 Å². The van der Waals surface area contributed by atoms with Crippen molar-refractivity contribution in [3.63, 3.8) is 0 Å². The van der Waals surface area contributed by atoms with E-state index in [0.717, 1.165) is 36.8 Å². The maximum absolute atomic E-state index is 13.7. The maximum Gasteiger partial charge on any atom is 0.130 e. The van der Waals surface area contributed by atoms with E-state index >= 15 is 0 Å². The lowest BCUT2D eigenvalue weighted by molar-refractivity contribution is 0.401. The smallest absolute Gasteiger partial charge is 0.130 e. The summed E-state index contributed by atoms with van der Waals surface area (Å²) in [4.78, 5) is 0. The minimum absolute atomic E-state index is 0.179. The van der Waals surface area contributed by atoms with Crippen molar-refractivity contribution in [1.29, 1.82) is 0 Å². The van der Waals surface area contributed by atoms with E-state index in [1.165, 1.54) is 0 Å². The molecule has 2 nitrogen and oxygen atoms in total. The number of ether oxygens (including phenoxy) is 1. The minimum atomic E-state index is -0.179. The van der Waals surface area contributed by atoms with E-state index in [0.29, 0.717) is 17.9 Å². The molecule has 96 valence electrons. The summed E-state index contributed by atoms with van der Waals surface area (Å²) in [6.45, 7) is 4.52. The highest BCUT2D eigenvalue weighted by Crippen LogP contribution is 2.30. The number of nitrogens with two attached hydrogens (primary N) is 1. The van der Waals surface area contributed by atoms with E-state index in [1.54, 1.807) is 20.1 Å². The van der Waals surface area contributed by atoms with Gasteiger partial charge in [-0.2, -0.15) is 0 Å². The van der Waals surface area contributed by atoms with Crippen LogP contribution in [0.15, 0.2) is 6.07 Å². The quantitative estimate of drug-likeness (QED) is 0.775. The lowest BCUT2D eigenvalue weighted by Crippen LogP contribution is -2.04. The molecule has 0 aliphatic carbocycles. The van der Waals surface area contributed by atoms with Crippen LogP contribution in [-0.2, 0) is 12.8 Å². The molecule has 0 aliphatic rings. The molecule has 0 unspecified atom stereocenters. The van der Waals surface area contributed by atoms with Crippen LogP contribution in [0.3, 0.4) is 0 Å². The van der Waals surface area contributed by atoms with E-state index in [1.807, 2.05) is 0 Å². The largest absolute Gasteiger partial charge is 0.496 e. The Balaban J connectivity index is 3.06. The second-order valence-corrected chi connectivity index (χ2v) is 4.25. The Kier molecular flexibility index (Phi) is 5.42. The molecule has 1 rings (SSSR count). The number of benzene rings is 1. The molecular weight excluding hydrogens is 217 g/mol. The van der Waals surface area contributed by atoms with Crippen LogP contribution in [0.25, 0.3) is 0 Å².